The predicted molar refractivity (Wildman–Crippen MR) is 88.4 cm³/mol. The van der Waals surface area contributed by atoms with Gasteiger partial charge >= 0.3 is 0 Å². The molecule has 3 nitrogen and oxygen atoms in total. The van der Waals surface area contributed by atoms with Crippen LogP contribution in [-0.4, -0.2) is 21.5 Å². The number of nitrogens with zero attached hydrogens (tertiary/aromatic N) is 2. The second-order valence-corrected chi connectivity index (χ2v) is 6.07. The smallest absolute Gasteiger partial charge is 0.0709 e. The highest BCUT2D eigenvalue weighted by atomic mass is 16.3. The first kappa shape index (κ1) is 16.0. The molecule has 0 radical (unpaired) electrons. The molecule has 2 rings (SSSR count). The fraction of sp³-hybridized carbons (Fsp3) is 0.611. The Bertz CT molecular complexity index is 570. The number of para-hydroxylation sites is 1. The Balaban J connectivity index is 2.36. The summed E-state index contributed by atoms with van der Waals surface area (Å²) in [6.45, 7) is 7.65. The summed E-state index contributed by atoms with van der Waals surface area (Å²) >= 11 is 0. The molecule has 0 bridgehead atoms. The van der Waals surface area contributed by atoms with Crippen molar-refractivity contribution in [1.29, 1.82) is 0 Å². The summed E-state index contributed by atoms with van der Waals surface area (Å²) in [5.74, 6) is 0. The molecule has 1 aromatic heterocycles. The number of aryl methyl sites for hydroxylation is 1. The number of unbranched alkanes of at least 4 members (excludes halogenated alkanes) is 1. The lowest BCUT2D eigenvalue weighted by atomic mass is 9.77. The van der Waals surface area contributed by atoms with E-state index >= 15 is 0 Å². The highest BCUT2D eigenvalue weighted by molar-refractivity contribution is 5.82. The van der Waals surface area contributed by atoms with Crippen LogP contribution >= 0.6 is 0 Å². The summed E-state index contributed by atoms with van der Waals surface area (Å²) in [5.41, 5.74) is 2.32. The highest BCUT2D eigenvalue weighted by Crippen LogP contribution is 2.34. The quantitative estimate of drug-likeness (QED) is 0.791. The van der Waals surface area contributed by atoms with Gasteiger partial charge < -0.3 is 5.11 Å². The van der Waals surface area contributed by atoms with Gasteiger partial charge in [0.15, 0.2) is 0 Å². The van der Waals surface area contributed by atoms with Gasteiger partial charge in [-0.2, -0.15) is 5.10 Å². The van der Waals surface area contributed by atoms with Gasteiger partial charge in [-0.25, -0.2) is 0 Å². The molecule has 0 aliphatic carbocycles. The van der Waals surface area contributed by atoms with Crippen molar-refractivity contribution in [2.75, 3.05) is 6.61 Å². The maximum Gasteiger partial charge on any atom is 0.0709 e. The zero-order valence-electron chi connectivity index (χ0n) is 13.6. The molecule has 0 saturated carbocycles. The van der Waals surface area contributed by atoms with E-state index < -0.39 is 0 Å². The van der Waals surface area contributed by atoms with Gasteiger partial charge in [0, 0.05) is 18.5 Å². The number of hydrogen-bond donors (Lipinski definition) is 1. The van der Waals surface area contributed by atoms with E-state index in [0.717, 1.165) is 31.5 Å². The third-order valence-electron chi connectivity index (χ3n) is 4.72. The molecule has 0 aliphatic rings. The number of aliphatic hydroxyl groups excluding tert-OH is 1. The standard InChI is InChI=1S/C18H28N2O/c1-4-7-12-18(5-2,14-21)13-16-15-10-8-9-11-17(15)20(6-3)19-16/h8-11,21H,4-7,12-14H2,1-3H3. The predicted octanol–water partition coefficient (Wildman–Crippen LogP) is 4.18. The lowest BCUT2D eigenvalue weighted by Gasteiger charge is -2.30. The third-order valence-corrected chi connectivity index (χ3v) is 4.72. The van der Waals surface area contributed by atoms with E-state index in [0.29, 0.717) is 0 Å². The van der Waals surface area contributed by atoms with Gasteiger partial charge in [-0.3, -0.25) is 4.68 Å². The van der Waals surface area contributed by atoms with Crippen LogP contribution in [0.4, 0.5) is 0 Å². The average molecular weight is 288 g/mol. The fourth-order valence-corrected chi connectivity index (χ4v) is 3.11. The van der Waals surface area contributed by atoms with Crippen LogP contribution in [0.3, 0.4) is 0 Å². The van der Waals surface area contributed by atoms with Gasteiger partial charge in [-0.15, -0.1) is 0 Å². The van der Waals surface area contributed by atoms with Crippen LogP contribution < -0.4 is 0 Å². The van der Waals surface area contributed by atoms with E-state index in [1.807, 2.05) is 0 Å². The minimum Gasteiger partial charge on any atom is -0.396 e. The topological polar surface area (TPSA) is 38.1 Å². The van der Waals surface area contributed by atoms with Crippen LogP contribution in [0.25, 0.3) is 10.9 Å². The maximum absolute atomic E-state index is 9.97. The molecule has 1 aromatic carbocycles. The van der Waals surface area contributed by atoms with Crippen molar-refractivity contribution in [2.24, 2.45) is 5.41 Å². The van der Waals surface area contributed by atoms with Crippen LogP contribution in [0.1, 0.15) is 52.1 Å². The van der Waals surface area contributed by atoms with Gasteiger partial charge in [-0.05, 0) is 37.7 Å². The number of hydrogen-bond acceptors (Lipinski definition) is 2. The van der Waals surface area contributed by atoms with Crippen LogP contribution in [0, 0.1) is 5.41 Å². The van der Waals surface area contributed by atoms with Crippen molar-refractivity contribution >= 4 is 10.9 Å². The van der Waals surface area contributed by atoms with Crippen LogP contribution in [0.15, 0.2) is 24.3 Å². The molecule has 0 fully saturated rings. The number of aromatic nitrogens is 2. The molecule has 0 amide bonds. The summed E-state index contributed by atoms with van der Waals surface area (Å²) in [6, 6.07) is 8.43. The lowest BCUT2D eigenvalue weighted by Crippen LogP contribution is -2.28. The SMILES string of the molecule is CCCCC(CC)(CO)Cc1nn(CC)c2ccccc12. The monoisotopic (exact) mass is 288 g/mol. The fourth-order valence-electron chi connectivity index (χ4n) is 3.11. The van der Waals surface area contributed by atoms with E-state index in [4.69, 9.17) is 5.10 Å². The summed E-state index contributed by atoms with van der Waals surface area (Å²) in [7, 11) is 0. The third kappa shape index (κ3) is 3.29. The number of fused-ring (bicyclic) bond motifs is 1. The van der Waals surface area contributed by atoms with Crippen LogP contribution in [0.5, 0.6) is 0 Å². The van der Waals surface area contributed by atoms with Gasteiger partial charge in [0.05, 0.1) is 11.2 Å². The maximum atomic E-state index is 9.97. The van der Waals surface area contributed by atoms with E-state index in [-0.39, 0.29) is 12.0 Å². The first-order chi connectivity index (χ1) is 10.2. The lowest BCUT2D eigenvalue weighted by molar-refractivity contribution is 0.106. The summed E-state index contributed by atoms with van der Waals surface area (Å²) < 4.78 is 2.07. The van der Waals surface area contributed by atoms with Crippen molar-refractivity contribution in [3.05, 3.63) is 30.0 Å². The van der Waals surface area contributed by atoms with Crippen molar-refractivity contribution in [2.45, 2.75) is 59.4 Å². The zero-order chi connectivity index (χ0) is 15.3. The molecule has 1 N–H and O–H groups in total. The molecule has 3 heteroatoms. The van der Waals surface area contributed by atoms with E-state index in [2.05, 4.69) is 49.7 Å². The molecular weight excluding hydrogens is 260 g/mol. The highest BCUT2D eigenvalue weighted by Gasteiger charge is 2.29. The normalized spacial score (nSPS) is 14.5. The molecular formula is C18H28N2O. The Labute approximate surface area is 128 Å². The minimum absolute atomic E-state index is 0.0221. The van der Waals surface area contributed by atoms with Crippen molar-refractivity contribution in [1.82, 2.24) is 9.78 Å². The molecule has 21 heavy (non-hydrogen) atoms. The molecule has 1 heterocycles. The molecule has 0 spiro atoms. The molecule has 0 aliphatic heterocycles. The second-order valence-electron chi connectivity index (χ2n) is 6.07. The van der Waals surface area contributed by atoms with Crippen molar-refractivity contribution in [3.8, 4) is 0 Å². The van der Waals surface area contributed by atoms with Gasteiger partial charge in [-0.1, -0.05) is 44.9 Å². The Hall–Kier alpha value is -1.35. The average Bonchev–Trinajstić information content (AvgIpc) is 2.89. The number of aliphatic hydroxyl groups is 1. The first-order valence-electron chi connectivity index (χ1n) is 8.25. The zero-order valence-corrected chi connectivity index (χ0v) is 13.6. The van der Waals surface area contributed by atoms with Gasteiger partial charge in [0.25, 0.3) is 0 Å². The summed E-state index contributed by atoms with van der Waals surface area (Å²) in [6.07, 6.45) is 5.28. The second kappa shape index (κ2) is 7.08. The number of benzene rings is 1. The number of rotatable bonds is 8. The molecule has 1 atom stereocenters. The molecule has 116 valence electrons. The van der Waals surface area contributed by atoms with E-state index in [1.54, 1.807) is 0 Å². The van der Waals surface area contributed by atoms with Crippen molar-refractivity contribution in [3.63, 3.8) is 0 Å². The van der Waals surface area contributed by atoms with Gasteiger partial charge in [0.2, 0.25) is 0 Å². The molecule has 2 aromatic rings. The largest absolute Gasteiger partial charge is 0.396 e. The summed E-state index contributed by atoms with van der Waals surface area (Å²) in [4.78, 5) is 0. The Morgan fingerprint density at radius 1 is 1.19 bits per heavy atom. The van der Waals surface area contributed by atoms with Crippen molar-refractivity contribution < 1.29 is 5.11 Å². The Morgan fingerprint density at radius 2 is 1.95 bits per heavy atom. The van der Waals surface area contributed by atoms with E-state index in [9.17, 15) is 5.11 Å². The van der Waals surface area contributed by atoms with Gasteiger partial charge in [0.1, 0.15) is 0 Å². The Morgan fingerprint density at radius 3 is 2.57 bits per heavy atom. The molecule has 1 unspecified atom stereocenters. The summed E-state index contributed by atoms with van der Waals surface area (Å²) in [5, 5.41) is 16.0. The Kier molecular flexibility index (Phi) is 5.40. The van der Waals surface area contributed by atoms with Crippen LogP contribution in [-0.2, 0) is 13.0 Å². The minimum atomic E-state index is -0.0221. The van der Waals surface area contributed by atoms with E-state index in [1.165, 1.54) is 23.7 Å². The van der Waals surface area contributed by atoms with Crippen LogP contribution in [0.2, 0.25) is 0 Å². The first-order valence-corrected chi connectivity index (χ1v) is 8.25. The molecule has 0 saturated heterocycles.